The predicted molar refractivity (Wildman–Crippen MR) is 243 cm³/mol. The molecule has 0 amide bonds. The first-order chi connectivity index (χ1) is 26.9. The third-order valence-electron chi connectivity index (χ3n) is 11.7. The summed E-state index contributed by atoms with van der Waals surface area (Å²) in [6, 6.07) is 0.410. The van der Waals surface area contributed by atoms with E-state index in [0.717, 1.165) is 58.2 Å². The number of unbranched alkanes of at least 4 members (excludes halogenated alkanes) is 22. The fourth-order valence-corrected chi connectivity index (χ4v) is 7.96. The molecule has 1 fully saturated rings. The molecule has 4 atom stereocenters. The van der Waals surface area contributed by atoms with Crippen molar-refractivity contribution in [2.45, 2.75) is 277 Å². The number of ether oxygens (including phenoxy) is 1. The molecule has 338 valence electrons. The molecule has 5 nitrogen and oxygen atoms in total. The molecular weight excluding hydrogens is 862 g/mol. The molecule has 1 saturated carbocycles. The summed E-state index contributed by atoms with van der Waals surface area (Å²) in [7, 11) is 1.78. The first-order valence-corrected chi connectivity index (χ1v) is 24.8. The zero-order valence-electron chi connectivity index (χ0n) is 38.7. The minimum atomic E-state index is -0.102. The second-order valence-electron chi connectivity index (χ2n) is 17.1. The van der Waals surface area contributed by atoms with E-state index in [1.54, 1.807) is 7.11 Å². The maximum absolute atomic E-state index is 10.9. The fourth-order valence-electron chi connectivity index (χ4n) is 7.96. The molecule has 56 heavy (non-hydrogen) atoms. The molecular formula is C50H102NO4W-. The number of hydrogen-bond acceptors (Lipinski definition) is 5. The minimum absolute atomic E-state index is 0. The van der Waals surface area contributed by atoms with Crippen LogP contribution in [0.4, 0.5) is 0 Å². The number of nitrogens with zero attached hydrogens (tertiary/aromatic N) is 1. The summed E-state index contributed by atoms with van der Waals surface area (Å²) in [4.78, 5) is 13.5. The summed E-state index contributed by atoms with van der Waals surface area (Å²) in [5, 5.41) is 20.1. The first-order valence-electron chi connectivity index (χ1n) is 24.8. The molecule has 6 heteroatoms. The maximum Gasteiger partial charge on any atom is 0.123 e. The van der Waals surface area contributed by atoms with Crippen LogP contribution in [0, 0.1) is 12.8 Å². The van der Waals surface area contributed by atoms with E-state index in [0.29, 0.717) is 12.0 Å². The third kappa shape index (κ3) is 43.8. The van der Waals surface area contributed by atoms with Crippen molar-refractivity contribution in [3.8, 4) is 0 Å². The van der Waals surface area contributed by atoms with Crippen LogP contribution in [0.25, 0.3) is 0 Å². The zero-order valence-corrected chi connectivity index (χ0v) is 41.7. The monoisotopic (exact) mass is 965 g/mol. The van der Waals surface area contributed by atoms with Crippen LogP contribution in [-0.2, 0) is 30.6 Å². The number of aldehydes is 1. The summed E-state index contributed by atoms with van der Waals surface area (Å²) in [6.45, 7) is 16.1. The van der Waals surface area contributed by atoms with Crippen LogP contribution in [0.1, 0.15) is 259 Å². The average molecular weight is 965 g/mol. The van der Waals surface area contributed by atoms with Crippen molar-refractivity contribution in [3.05, 3.63) is 6.92 Å². The molecule has 0 spiro atoms. The fraction of sp³-hybridized carbons (Fsp3) is 0.960. The van der Waals surface area contributed by atoms with Crippen molar-refractivity contribution in [3.63, 3.8) is 0 Å². The van der Waals surface area contributed by atoms with Crippen molar-refractivity contribution in [2.75, 3.05) is 26.8 Å². The van der Waals surface area contributed by atoms with E-state index in [9.17, 15) is 15.0 Å². The number of methoxy groups -OCH3 is 1. The normalized spacial score (nSPS) is 16.3. The molecule has 0 saturated heterocycles. The van der Waals surface area contributed by atoms with Gasteiger partial charge in [0.05, 0.1) is 12.2 Å². The predicted octanol–water partition coefficient (Wildman–Crippen LogP) is 14.8. The van der Waals surface area contributed by atoms with E-state index in [-0.39, 0.29) is 33.3 Å². The minimum Gasteiger partial charge on any atom is -0.393 e. The topological polar surface area (TPSA) is 70.0 Å². The molecule has 0 radical (unpaired) electrons. The number of carbonyl (C=O) groups is 1. The summed E-state index contributed by atoms with van der Waals surface area (Å²) >= 11 is 0. The zero-order chi connectivity index (χ0) is 40.9. The molecule has 1 aliphatic rings. The Morgan fingerprint density at radius 2 is 0.982 bits per heavy atom. The standard InChI is InChI=1S/C19H38NO2.C16H32O.C15H32O.W/c1-3-4-5-10-15-20(16-11-6-7-12-17-22-2)18-13-8-9-14-19(18)21;1-3-5-7-9-10-12-14-16(15-17)13-11-8-6-4-2;1-3-5-7-9-10-12-14-15(16)13-11-8-6-4-2;/h18-19,21H,1,3-17H2,2H3;15-16H,3-14H2,1-2H3;15-16H,3-14H2,1-2H3;/q-1;;;. The SMILES string of the molecule is CCCCCCCCC(C=O)CCCCCC.CCCCCCCCC(O)CCCCCC.[CH2-]CCCCCN(CCCCCCOC)C1CCCCC1O.[W]. The van der Waals surface area contributed by atoms with Crippen LogP contribution in [0.15, 0.2) is 0 Å². The van der Waals surface area contributed by atoms with E-state index < -0.39 is 0 Å². The van der Waals surface area contributed by atoms with E-state index in [4.69, 9.17) is 4.74 Å². The van der Waals surface area contributed by atoms with Gasteiger partial charge in [-0.05, 0) is 70.9 Å². The smallest absolute Gasteiger partial charge is 0.123 e. The second kappa shape index (κ2) is 51.3. The Balaban J connectivity index is -0.000000759. The Hall–Kier alpha value is 0.198. The number of rotatable bonds is 38. The Labute approximate surface area is 367 Å². The van der Waals surface area contributed by atoms with Crippen LogP contribution in [0.3, 0.4) is 0 Å². The number of hydrogen-bond donors (Lipinski definition) is 2. The number of carbonyl (C=O) groups excluding carboxylic acids is 1. The van der Waals surface area contributed by atoms with E-state index >= 15 is 0 Å². The number of aliphatic hydroxyl groups is 2. The molecule has 0 heterocycles. The maximum atomic E-state index is 10.9. The van der Waals surface area contributed by atoms with Gasteiger partial charge < -0.3 is 26.7 Å². The Bertz CT molecular complexity index is 713. The van der Waals surface area contributed by atoms with Crippen LogP contribution in [-0.4, -0.2) is 66.5 Å². The van der Waals surface area contributed by atoms with Gasteiger partial charge in [-0.2, -0.15) is 6.42 Å². The molecule has 0 aromatic heterocycles. The molecule has 1 aliphatic carbocycles. The summed E-state index contributed by atoms with van der Waals surface area (Å²) in [5.74, 6) is 0.345. The van der Waals surface area contributed by atoms with Gasteiger partial charge in [-0.1, -0.05) is 195 Å². The first kappa shape index (κ1) is 60.5. The van der Waals surface area contributed by atoms with E-state index in [1.807, 2.05) is 0 Å². The van der Waals surface area contributed by atoms with Gasteiger partial charge in [-0.3, -0.25) is 4.90 Å². The van der Waals surface area contributed by atoms with Gasteiger partial charge in [-0.15, -0.1) is 0 Å². The largest absolute Gasteiger partial charge is 0.393 e. The van der Waals surface area contributed by atoms with Crippen LogP contribution in [0.2, 0.25) is 0 Å². The number of aliphatic hydroxyl groups excluding tert-OH is 2. The van der Waals surface area contributed by atoms with Gasteiger partial charge in [0.15, 0.2) is 0 Å². The summed E-state index contributed by atoms with van der Waals surface area (Å²) in [5.41, 5.74) is 0. The van der Waals surface area contributed by atoms with E-state index in [2.05, 4.69) is 39.5 Å². The summed E-state index contributed by atoms with van der Waals surface area (Å²) in [6.07, 6.45) is 46.0. The second-order valence-corrected chi connectivity index (χ2v) is 17.1. The Kier molecular flexibility index (Phi) is 55.5. The van der Waals surface area contributed by atoms with Gasteiger partial charge in [0, 0.05) is 46.7 Å². The van der Waals surface area contributed by atoms with Gasteiger partial charge in [-0.25, -0.2) is 0 Å². The quantitative estimate of drug-likeness (QED) is 0.0367. The molecule has 0 aliphatic heterocycles. The van der Waals surface area contributed by atoms with Crippen molar-refractivity contribution < 1.29 is 40.8 Å². The van der Waals surface area contributed by atoms with Gasteiger partial charge >= 0.3 is 0 Å². The van der Waals surface area contributed by atoms with Gasteiger partial charge in [0.25, 0.3) is 0 Å². The van der Waals surface area contributed by atoms with Crippen molar-refractivity contribution >= 4 is 6.29 Å². The van der Waals surface area contributed by atoms with Crippen LogP contribution >= 0.6 is 0 Å². The van der Waals surface area contributed by atoms with Crippen molar-refractivity contribution in [2.24, 2.45) is 5.92 Å². The third-order valence-corrected chi connectivity index (χ3v) is 11.7. The van der Waals surface area contributed by atoms with Crippen LogP contribution in [0.5, 0.6) is 0 Å². The Morgan fingerprint density at radius 1 is 0.589 bits per heavy atom. The molecule has 0 bridgehead atoms. The Morgan fingerprint density at radius 3 is 1.43 bits per heavy atom. The van der Waals surface area contributed by atoms with Gasteiger partial charge in [0.2, 0.25) is 0 Å². The molecule has 1 rings (SSSR count). The molecule has 0 aromatic rings. The van der Waals surface area contributed by atoms with Gasteiger partial charge in [0.1, 0.15) is 6.29 Å². The van der Waals surface area contributed by atoms with Crippen molar-refractivity contribution in [1.82, 2.24) is 4.90 Å². The molecule has 0 aromatic carbocycles. The summed E-state index contributed by atoms with van der Waals surface area (Å²) < 4.78 is 5.11. The van der Waals surface area contributed by atoms with E-state index in [1.165, 1.54) is 199 Å². The average Bonchev–Trinajstić information content (AvgIpc) is 3.20. The van der Waals surface area contributed by atoms with Crippen LogP contribution < -0.4 is 0 Å². The molecule has 4 unspecified atom stereocenters. The van der Waals surface area contributed by atoms with Crippen molar-refractivity contribution in [1.29, 1.82) is 0 Å². The molecule has 2 N–H and O–H groups in total.